The number of unbranched alkanes of at least 4 members (excludes halogenated alkanes) is 3. The Bertz CT molecular complexity index is 1660. The third kappa shape index (κ3) is 11.8. The van der Waals surface area contributed by atoms with Crippen molar-refractivity contribution in [3.8, 4) is 16.2 Å². The summed E-state index contributed by atoms with van der Waals surface area (Å²) < 4.78 is 11.1. The van der Waals surface area contributed by atoms with Crippen LogP contribution in [-0.4, -0.2) is 80.6 Å². The van der Waals surface area contributed by atoms with Gasteiger partial charge in [0.2, 0.25) is 11.8 Å². The third-order valence-corrected chi connectivity index (χ3v) is 9.59. The Balaban J connectivity index is 1.27. The summed E-state index contributed by atoms with van der Waals surface area (Å²) in [7, 11) is 0. The van der Waals surface area contributed by atoms with Gasteiger partial charge in [0, 0.05) is 25.9 Å². The summed E-state index contributed by atoms with van der Waals surface area (Å²) in [6.07, 6.45) is 4.44. The normalized spacial score (nSPS) is 16.7. The number of aliphatic hydroxyl groups is 1. The number of carbonyl (C=O) groups is 4. The molecule has 12 nitrogen and oxygen atoms in total. The lowest BCUT2D eigenvalue weighted by Crippen LogP contribution is -2.57. The van der Waals surface area contributed by atoms with Crippen molar-refractivity contribution in [1.82, 2.24) is 25.5 Å². The second kappa shape index (κ2) is 17.9. The Morgan fingerprint density at radius 1 is 0.981 bits per heavy atom. The van der Waals surface area contributed by atoms with Gasteiger partial charge < -0.3 is 30.1 Å². The van der Waals surface area contributed by atoms with Crippen molar-refractivity contribution in [3.05, 3.63) is 65.1 Å². The monoisotopic (exact) mass is 735 g/mol. The molecule has 1 aliphatic rings. The van der Waals surface area contributed by atoms with Gasteiger partial charge in [-0.15, -0.1) is 11.3 Å². The van der Waals surface area contributed by atoms with Crippen LogP contribution < -0.4 is 15.4 Å². The lowest BCUT2D eigenvalue weighted by atomic mass is 9.85. The Morgan fingerprint density at radius 3 is 2.31 bits per heavy atom. The van der Waals surface area contributed by atoms with E-state index in [9.17, 15) is 24.3 Å². The molecule has 1 saturated heterocycles. The largest absolute Gasteiger partial charge is 0.492 e. The summed E-state index contributed by atoms with van der Waals surface area (Å²) in [5.74, 6) is -1.03. The quantitative estimate of drug-likeness (QED) is 0.133. The molecule has 52 heavy (non-hydrogen) atoms. The highest BCUT2D eigenvalue weighted by Gasteiger charge is 2.44. The first-order chi connectivity index (χ1) is 24.5. The van der Waals surface area contributed by atoms with E-state index in [1.807, 2.05) is 78.2 Å². The minimum absolute atomic E-state index is 0.0176. The summed E-state index contributed by atoms with van der Waals surface area (Å²) >= 11 is 1.57. The average Bonchev–Trinajstić information content (AvgIpc) is 3.69. The number of benzene rings is 1. The average molecular weight is 736 g/mol. The number of rotatable bonds is 15. The molecule has 0 spiro atoms. The highest BCUT2D eigenvalue weighted by molar-refractivity contribution is 7.13. The number of β-amino-alcohol motifs (C(OH)–C–C–N with tert-alkyl or cyclic N) is 1. The van der Waals surface area contributed by atoms with Crippen molar-refractivity contribution in [2.75, 3.05) is 13.2 Å². The number of nitrogens with one attached hydrogen (secondary N) is 2. The molecule has 3 aromatic rings. The fraction of sp³-hybridized carbons (Fsp3) is 0.538. The van der Waals surface area contributed by atoms with Gasteiger partial charge in [-0.05, 0) is 69.2 Å². The molecule has 282 valence electrons. The Kier molecular flexibility index (Phi) is 13.9. The Hall–Kier alpha value is -4.36. The maximum atomic E-state index is 14.0. The van der Waals surface area contributed by atoms with E-state index in [0.29, 0.717) is 18.8 Å². The lowest BCUT2D eigenvalue weighted by Gasteiger charge is -2.35. The van der Waals surface area contributed by atoms with Crippen molar-refractivity contribution < 1.29 is 33.8 Å². The molecular formula is C39H53N5O7S. The molecule has 1 aliphatic heterocycles. The van der Waals surface area contributed by atoms with Crippen molar-refractivity contribution in [3.63, 3.8) is 0 Å². The van der Waals surface area contributed by atoms with Crippen molar-refractivity contribution >= 4 is 35.0 Å². The molecule has 3 heterocycles. The van der Waals surface area contributed by atoms with Crippen LogP contribution >= 0.6 is 11.3 Å². The highest BCUT2D eigenvalue weighted by Crippen LogP contribution is 2.28. The van der Waals surface area contributed by atoms with E-state index in [1.165, 1.54) is 17.2 Å². The second-order valence-corrected chi connectivity index (χ2v) is 16.2. The van der Waals surface area contributed by atoms with E-state index in [2.05, 4.69) is 20.6 Å². The maximum Gasteiger partial charge on any atom is 0.306 e. The molecule has 1 aromatic carbocycles. The first kappa shape index (κ1) is 40.4. The number of aliphatic hydroxyl groups excluding tert-OH is 1. The van der Waals surface area contributed by atoms with E-state index in [-0.39, 0.29) is 37.1 Å². The fourth-order valence-electron chi connectivity index (χ4n) is 5.89. The van der Waals surface area contributed by atoms with Crippen LogP contribution in [-0.2, 0) is 25.7 Å². The number of carbonyl (C=O) groups excluding carboxylic acids is 4. The standard InChI is InChI=1S/C39H53N5O7S/c1-25-33(52-24-42-25)27-15-13-26(14-16-27)21-41-36(48)31-20-28(45)23-44(31)37(49)34(38(2,3)4)43-35(47)30-18-17-29(22-40-30)50-19-11-9-8-10-12-32(46)51-39(5,6)7/h13-18,22,24,28,31,34,45H,8-12,19-21,23H2,1-7H3,(H,41,48)(H,43,47)/t28-,31+,34-/m1/s1. The van der Waals surface area contributed by atoms with Crippen molar-refractivity contribution in [2.45, 2.75) is 117 Å². The zero-order valence-electron chi connectivity index (χ0n) is 31.4. The van der Waals surface area contributed by atoms with Crippen molar-refractivity contribution in [1.29, 1.82) is 0 Å². The second-order valence-electron chi connectivity index (χ2n) is 15.3. The third-order valence-electron chi connectivity index (χ3n) is 8.61. The summed E-state index contributed by atoms with van der Waals surface area (Å²) in [6, 6.07) is 9.18. The molecule has 13 heteroatoms. The van der Waals surface area contributed by atoms with Crippen LogP contribution in [0.2, 0.25) is 0 Å². The zero-order chi connectivity index (χ0) is 38.1. The number of ether oxygens (including phenoxy) is 2. The molecule has 1 fully saturated rings. The van der Waals surface area contributed by atoms with Gasteiger partial charge in [-0.25, -0.2) is 9.97 Å². The zero-order valence-corrected chi connectivity index (χ0v) is 32.2. The summed E-state index contributed by atoms with van der Waals surface area (Å²) in [4.78, 5) is 63.6. The maximum absolute atomic E-state index is 14.0. The van der Waals surface area contributed by atoms with E-state index in [1.54, 1.807) is 17.4 Å². The van der Waals surface area contributed by atoms with Gasteiger partial charge in [0.25, 0.3) is 5.91 Å². The lowest BCUT2D eigenvalue weighted by molar-refractivity contribution is -0.155. The van der Waals surface area contributed by atoms with Crippen molar-refractivity contribution in [2.24, 2.45) is 5.41 Å². The predicted octanol–water partition coefficient (Wildman–Crippen LogP) is 5.61. The first-order valence-corrected chi connectivity index (χ1v) is 18.8. The van der Waals surface area contributed by atoms with E-state index < -0.39 is 41.0 Å². The van der Waals surface area contributed by atoms with Gasteiger partial charge in [0.05, 0.1) is 35.0 Å². The van der Waals surface area contributed by atoms with E-state index in [0.717, 1.165) is 47.4 Å². The molecule has 0 radical (unpaired) electrons. The topological polar surface area (TPSA) is 160 Å². The highest BCUT2D eigenvalue weighted by atomic mass is 32.1. The van der Waals surface area contributed by atoms with Crippen LogP contribution in [0, 0.1) is 12.3 Å². The minimum Gasteiger partial charge on any atom is -0.492 e. The van der Waals surface area contributed by atoms with Gasteiger partial charge in [0.1, 0.15) is 29.1 Å². The Morgan fingerprint density at radius 2 is 1.69 bits per heavy atom. The minimum atomic E-state index is -0.989. The molecule has 0 unspecified atom stereocenters. The number of aryl methyl sites for hydroxylation is 1. The number of nitrogens with zero attached hydrogens (tertiary/aromatic N) is 3. The van der Waals surface area contributed by atoms with Crippen LogP contribution in [0.15, 0.2) is 48.1 Å². The smallest absolute Gasteiger partial charge is 0.306 e. The molecule has 3 atom stereocenters. The van der Waals surface area contributed by atoms with Gasteiger partial charge in [-0.3, -0.25) is 19.2 Å². The molecule has 4 rings (SSSR count). The number of likely N-dealkylation sites (tertiary alicyclic amines) is 1. The van der Waals surface area contributed by atoms with Gasteiger partial charge in [-0.2, -0.15) is 0 Å². The number of hydrogen-bond acceptors (Lipinski definition) is 10. The van der Waals surface area contributed by atoms with Gasteiger partial charge >= 0.3 is 5.97 Å². The number of aromatic nitrogens is 2. The van der Waals surface area contributed by atoms with Gasteiger partial charge in [0.15, 0.2) is 0 Å². The SMILES string of the molecule is Cc1ncsc1-c1ccc(CNC(=O)[C@@H]2C[C@@H](O)CN2C(=O)[C@@H](NC(=O)c2ccc(OCCCCCCC(=O)OC(C)(C)C)cn2)C(C)(C)C)cc1. The van der Waals surface area contributed by atoms with Crippen LogP contribution in [0.4, 0.5) is 0 Å². The molecule has 0 bridgehead atoms. The van der Waals surface area contributed by atoms with Crippen LogP contribution in [0.1, 0.15) is 102 Å². The number of thiazole rings is 1. The summed E-state index contributed by atoms with van der Waals surface area (Å²) in [5.41, 5.74) is 3.65. The van der Waals surface area contributed by atoms with Gasteiger partial charge in [-0.1, -0.05) is 57.9 Å². The number of esters is 1. The van der Waals surface area contributed by atoms with E-state index >= 15 is 0 Å². The molecule has 0 saturated carbocycles. The Labute approximate surface area is 310 Å². The fourth-order valence-corrected chi connectivity index (χ4v) is 6.70. The molecule has 0 aliphatic carbocycles. The van der Waals surface area contributed by atoms with Crippen LogP contribution in [0.25, 0.3) is 10.4 Å². The first-order valence-electron chi connectivity index (χ1n) is 17.9. The van der Waals surface area contributed by atoms with E-state index in [4.69, 9.17) is 9.47 Å². The molecule has 3 amide bonds. The van der Waals surface area contributed by atoms with Crippen LogP contribution in [0.3, 0.4) is 0 Å². The number of hydrogen-bond donors (Lipinski definition) is 3. The summed E-state index contributed by atoms with van der Waals surface area (Å²) in [6.45, 7) is 13.7. The van der Waals surface area contributed by atoms with Crippen LogP contribution in [0.5, 0.6) is 5.75 Å². The summed E-state index contributed by atoms with van der Waals surface area (Å²) in [5, 5.41) is 16.3. The number of amides is 3. The molecular weight excluding hydrogens is 683 g/mol. The number of pyridine rings is 1. The predicted molar refractivity (Wildman–Crippen MR) is 200 cm³/mol. The molecule has 2 aromatic heterocycles. The molecule has 3 N–H and O–H groups in total.